The highest BCUT2D eigenvalue weighted by Crippen LogP contribution is 2.22. The summed E-state index contributed by atoms with van der Waals surface area (Å²) in [5.41, 5.74) is 6.35. The third-order valence-electron chi connectivity index (χ3n) is 2.67. The Balaban J connectivity index is 0.00000200. The molecule has 0 saturated carbocycles. The second kappa shape index (κ2) is 6.92. The lowest BCUT2D eigenvalue weighted by Crippen LogP contribution is -2.29. The molecule has 2 rings (SSSR count). The van der Waals surface area contributed by atoms with Crippen molar-refractivity contribution in [2.75, 3.05) is 0 Å². The number of pyridine rings is 1. The standard InChI is InChI=1S/C13H11Cl2N3O.BrH/c14-10-4-3-8(6-11(10)15)7-18-5-1-2-9(12(18)16)13(17)19;/h1-6,16H,7H2,(H2,17,19);1H. The van der Waals surface area contributed by atoms with Crippen LogP contribution < -0.4 is 11.2 Å². The zero-order valence-electron chi connectivity index (χ0n) is 10.3. The summed E-state index contributed by atoms with van der Waals surface area (Å²) in [6.07, 6.45) is 1.71. The van der Waals surface area contributed by atoms with Crippen LogP contribution in [0.3, 0.4) is 0 Å². The molecule has 3 N–H and O–H groups in total. The highest BCUT2D eigenvalue weighted by Gasteiger charge is 2.06. The van der Waals surface area contributed by atoms with E-state index in [-0.39, 0.29) is 28.0 Å². The van der Waals surface area contributed by atoms with E-state index in [1.165, 1.54) is 6.07 Å². The molecule has 0 radical (unpaired) electrons. The maximum Gasteiger partial charge on any atom is 0.252 e. The van der Waals surface area contributed by atoms with E-state index < -0.39 is 5.91 Å². The summed E-state index contributed by atoms with van der Waals surface area (Å²) < 4.78 is 1.61. The van der Waals surface area contributed by atoms with Gasteiger partial charge in [0.1, 0.15) is 5.49 Å². The molecule has 0 fully saturated rings. The van der Waals surface area contributed by atoms with E-state index in [2.05, 4.69) is 0 Å². The molecule has 0 aliphatic rings. The Morgan fingerprint density at radius 2 is 1.95 bits per heavy atom. The smallest absolute Gasteiger partial charge is 0.252 e. The molecule has 0 saturated heterocycles. The van der Waals surface area contributed by atoms with E-state index in [1.807, 2.05) is 6.07 Å². The molecule has 0 atom stereocenters. The van der Waals surface area contributed by atoms with Gasteiger partial charge in [-0.25, -0.2) is 0 Å². The normalized spacial score (nSPS) is 9.90. The maximum absolute atomic E-state index is 11.2. The van der Waals surface area contributed by atoms with Gasteiger partial charge in [0.05, 0.1) is 15.6 Å². The van der Waals surface area contributed by atoms with Crippen LogP contribution in [-0.4, -0.2) is 10.5 Å². The van der Waals surface area contributed by atoms with E-state index in [4.69, 9.17) is 34.3 Å². The molecule has 1 aromatic heterocycles. The molecule has 0 unspecified atom stereocenters. The van der Waals surface area contributed by atoms with Crippen LogP contribution in [0.5, 0.6) is 0 Å². The summed E-state index contributed by atoms with van der Waals surface area (Å²) in [7, 11) is 0. The Labute approximate surface area is 136 Å². The average molecular weight is 377 g/mol. The van der Waals surface area contributed by atoms with Crippen LogP contribution in [-0.2, 0) is 6.54 Å². The molecule has 0 aliphatic heterocycles. The van der Waals surface area contributed by atoms with Crippen molar-refractivity contribution in [1.82, 2.24) is 4.57 Å². The summed E-state index contributed by atoms with van der Waals surface area (Å²) in [6.45, 7) is 0.414. The molecule has 1 heterocycles. The number of amides is 1. The minimum atomic E-state index is -0.617. The van der Waals surface area contributed by atoms with Gasteiger partial charge < -0.3 is 10.3 Å². The third kappa shape index (κ3) is 3.62. The first-order chi connectivity index (χ1) is 8.99. The number of carbonyl (C=O) groups excluding carboxylic acids is 1. The van der Waals surface area contributed by atoms with Crippen LogP contribution in [0.1, 0.15) is 15.9 Å². The maximum atomic E-state index is 11.2. The van der Waals surface area contributed by atoms with Gasteiger partial charge in [-0.2, -0.15) is 0 Å². The largest absolute Gasteiger partial charge is 0.365 e. The Kier molecular flexibility index (Phi) is 5.80. The van der Waals surface area contributed by atoms with E-state index >= 15 is 0 Å². The van der Waals surface area contributed by atoms with Gasteiger partial charge in [-0.05, 0) is 29.8 Å². The van der Waals surface area contributed by atoms with Gasteiger partial charge in [0.2, 0.25) is 0 Å². The van der Waals surface area contributed by atoms with Gasteiger partial charge in [0.25, 0.3) is 5.91 Å². The lowest BCUT2D eigenvalue weighted by atomic mass is 10.2. The Morgan fingerprint density at radius 3 is 2.55 bits per heavy atom. The number of benzene rings is 1. The number of aromatic nitrogens is 1. The van der Waals surface area contributed by atoms with Crippen molar-refractivity contribution in [1.29, 1.82) is 5.41 Å². The van der Waals surface area contributed by atoms with Crippen LogP contribution >= 0.6 is 40.2 Å². The molecule has 4 nitrogen and oxygen atoms in total. The van der Waals surface area contributed by atoms with Crippen molar-refractivity contribution in [3.63, 3.8) is 0 Å². The van der Waals surface area contributed by atoms with E-state index in [0.717, 1.165) is 5.56 Å². The quantitative estimate of drug-likeness (QED) is 0.849. The predicted molar refractivity (Wildman–Crippen MR) is 84.7 cm³/mol. The van der Waals surface area contributed by atoms with Gasteiger partial charge in [-0.1, -0.05) is 29.3 Å². The number of nitrogens with zero attached hydrogens (tertiary/aromatic N) is 1. The van der Waals surface area contributed by atoms with Gasteiger partial charge in [-0.3, -0.25) is 10.2 Å². The summed E-state index contributed by atoms with van der Waals surface area (Å²) in [4.78, 5) is 11.2. The SMILES string of the molecule is Br.N=c1c(C(N)=O)cccn1Cc1ccc(Cl)c(Cl)c1. The molecule has 7 heteroatoms. The topological polar surface area (TPSA) is 71.9 Å². The van der Waals surface area contributed by atoms with Crippen molar-refractivity contribution >= 4 is 46.1 Å². The van der Waals surface area contributed by atoms with Crippen molar-refractivity contribution in [3.8, 4) is 0 Å². The van der Waals surface area contributed by atoms with E-state index in [1.54, 1.807) is 29.0 Å². The summed E-state index contributed by atoms with van der Waals surface area (Å²) in [5.74, 6) is -0.617. The molecule has 20 heavy (non-hydrogen) atoms. The molecule has 0 spiro atoms. The fourth-order valence-corrected chi connectivity index (χ4v) is 2.04. The molecular weight excluding hydrogens is 365 g/mol. The average Bonchev–Trinajstić information content (AvgIpc) is 2.36. The zero-order chi connectivity index (χ0) is 14.0. The summed E-state index contributed by atoms with van der Waals surface area (Å²) >= 11 is 11.8. The number of hydrogen-bond donors (Lipinski definition) is 2. The predicted octanol–water partition coefficient (Wildman–Crippen LogP) is 3.00. The second-order valence-electron chi connectivity index (χ2n) is 4.01. The summed E-state index contributed by atoms with van der Waals surface area (Å²) in [5, 5.41) is 8.86. The lowest BCUT2D eigenvalue weighted by Gasteiger charge is -2.09. The van der Waals surface area contributed by atoms with Crippen molar-refractivity contribution in [2.24, 2.45) is 5.73 Å². The van der Waals surface area contributed by atoms with Crippen molar-refractivity contribution in [3.05, 3.63) is 63.2 Å². The Bertz CT molecular complexity index is 700. The number of nitrogens with two attached hydrogens (primary N) is 1. The third-order valence-corrected chi connectivity index (χ3v) is 3.41. The Hall–Kier alpha value is -1.30. The number of hydrogen-bond acceptors (Lipinski definition) is 2. The molecule has 106 valence electrons. The van der Waals surface area contributed by atoms with Gasteiger partial charge >= 0.3 is 0 Å². The van der Waals surface area contributed by atoms with E-state index in [9.17, 15) is 4.79 Å². The number of halogens is 3. The van der Waals surface area contributed by atoms with Gasteiger partial charge in [-0.15, -0.1) is 17.0 Å². The van der Waals surface area contributed by atoms with Crippen LogP contribution in [0.15, 0.2) is 36.5 Å². The second-order valence-corrected chi connectivity index (χ2v) is 4.83. The van der Waals surface area contributed by atoms with Crippen LogP contribution in [0.4, 0.5) is 0 Å². The van der Waals surface area contributed by atoms with E-state index in [0.29, 0.717) is 16.6 Å². The number of primary amides is 1. The first-order valence-electron chi connectivity index (χ1n) is 5.47. The number of rotatable bonds is 3. The molecule has 0 aliphatic carbocycles. The minimum absolute atomic E-state index is 0. The van der Waals surface area contributed by atoms with Gasteiger partial charge in [0, 0.05) is 12.7 Å². The highest BCUT2D eigenvalue weighted by atomic mass is 79.9. The molecule has 1 aromatic carbocycles. The van der Waals surface area contributed by atoms with Gasteiger partial charge in [0.15, 0.2) is 0 Å². The first-order valence-corrected chi connectivity index (χ1v) is 6.22. The zero-order valence-corrected chi connectivity index (χ0v) is 13.5. The van der Waals surface area contributed by atoms with Crippen LogP contribution in [0.25, 0.3) is 0 Å². The molecule has 0 bridgehead atoms. The number of nitrogens with one attached hydrogen (secondary N) is 1. The van der Waals surface area contributed by atoms with Crippen LogP contribution in [0.2, 0.25) is 10.0 Å². The monoisotopic (exact) mass is 375 g/mol. The van der Waals surface area contributed by atoms with Crippen molar-refractivity contribution in [2.45, 2.75) is 6.54 Å². The molecule has 1 amide bonds. The first kappa shape index (κ1) is 16.8. The molecular formula is C13H12BrCl2N3O. The van der Waals surface area contributed by atoms with Crippen molar-refractivity contribution < 1.29 is 4.79 Å². The Morgan fingerprint density at radius 1 is 1.25 bits per heavy atom. The molecule has 2 aromatic rings. The van der Waals surface area contributed by atoms with Crippen LogP contribution in [0, 0.1) is 5.41 Å². The summed E-state index contributed by atoms with van der Waals surface area (Å²) in [6, 6.07) is 8.44. The highest BCUT2D eigenvalue weighted by molar-refractivity contribution is 8.93. The lowest BCUT2D eigenvalue weighted by molar-refractivity contribution is 0.0998. The minimum Gasteiger partial charge on any atom is -0.365 e. The fourth-order valence-electron chi connectivity index (χ4n) is 1.72. The fraction of sp³-hybridized carbons (Fsp3) is 0.0769. The number of carbonyl (C=O) groups is 1.